The van der Waals surface area contributed by atoms with Gasteiger partial charge in [0, 0.05) is 46.5 Å². The summed E-state index contributed by atoms with van der Waals surface area (Å²) in [6.07, 6.45) is 3.19. The number of rotatable bonds is 7. The van der Waals surface area contributed by atoms with Crippen LogP contribution >= 0.6 is 22.9 Å². The number of thiophene rings is 1. The third kappa shape index (κ3) is 5.25. The zero-order valence-corrected chi connectivity index (χ0v) is 33.9. The van der Waals surface area contributed by atoms with Crippen LogP contribution in [0.5, 0.6) is 17.2 Å². The van der Waals surface area contributed by atoms with Gasteiger partial charge in [-0.05, 0) is 85.9 Å². The fraction of sp³-hybridized carbons (Fsp3) is 0.341. The number of ether oxygens (including phenoxy) is 2. The maximum Gasteiger partial charge on any atom is 0.242 e. The zero-order chi connectivity index (χ0) is 40.2. The average molecular weight is 805 g/mol. The Labute approximate surface area is 338 Å². The lowest BCUT2D eigenvalue weighted by Crippen LogP contribution is -2.49. The number of benzene rings is 3. The van der Waals surface area contributed by atoms with Crippen molar-refractivity contribution in [2.24, 2.45) is 36.1 Å². The third-order valence-electron chi connectivity index (χ3n) is 12.9. The van der Waals surface area contributed by atoms with Crippen LogP contribution in [0.25, 0.3) is 20.7 Å². The number of hydrogen-bond donors (Lipinski definition) is 1. The van der Waals surface area contributed by atoms with Gasteiger partial charge in [-0.3, -0.25) is 28.8 Å². The summed E-state index contributed by atoms with van der Waals surface area (Å²) in [7, 11) is 4.65. The number of fused-ring (bicyclic) bond motifs is 5. The van der Waals surface area contributed by atoms with E-state index in [1.165, 1.54) is 30.1 Å². The quantitative estimate of drug-likeness (QED) is 0.130. The van der Waals surface area contributed by atoms with E-state index in [2.05, 4.69) is 0 Å². The van der Waals surface area contributed by atoms with Gasteiger partial charge < -0.3 is 14.6 Å². The highest BCUT2D eigenvalue weighted by molar-refractivity contribution is 7.22. The Bertz CT molecular complexity index is 2590. The fourth-order valence-electron chi connectivity index (χ4n) is 10.1. The molecule has 3 fully saturated rings. The van der Waals surface area contributed by atoms with Crippen molar-refractivity contribution in [2.75, 3.05) is 24.0 Å². The number of phenols is 1. The highest BCUT2D eigenvalue weighted by Gasteiger charge is 2.68. The first-order valence-corrected chi connectivity index (χ1v) is 20.2. The monoisotopic (exact) mass is 804 g/mol. The number of methoxy groups -OCH3 is 2. The molecule has 11 nitrogen and oxygen atoms in total. The van der Waals surface area contributed by atoms with Crippen LogP contribution in [-0.2, 0) is 32.6 Å². The van der Waals surface area contributed by atoms with Crippen molar-refractivity contribution in [1.29, 1.82) is 0 Å². The van der Waals surface area contributed by atoms with Gasteiger partial charge in [-0.2, -0.15) is 5.10 Å². The molecule has 2 saturated heterocycles. The van der Waals surface area contributed by atoms with Gasteiger partial charge in [0.2, 0.25) is 23.6 Å². The van der Waals surface area contributed by atoms with E-state index in [4.69, 9.17) is 26.2 Å². The van der Waals surface area contributed by atoms with Crippen molar-refractivity contribution in [2.45, 2.75) is 46.0 Å². The SMILES string of the molecule is CCc1ccc(N2C(=O)[C@H]3[C@H](CC=C4[C@H]3C[C@H]3C(=O)N(c5cc(-c6sc7ccc(Cl)cc7c6C)nn5C)C(=O)[C@@]3(C)[C@H]4c3c(O)cc(OC)cc3OC)C2=O)cc1. The molecule has 0 spiro atoms. The molecular formula is C44H41ClN4O7S. The Balaban J connectivity index is 1.18. The van der Waals surface area contributed by atoms with Crippen LogP contribution in [0.1, 0.15) is 49.3 Å². The van der Waals surface area contributed by atoms with E-state index >= 15 is 9.59 Å². The van der Waals surface area contributed by atoms with Gasteiger partial charge in [0.15, 0.2) is 0 Å². The minimum Gasteiger partial charge on any atom is -0.507 e. The molecule has 9 rings (SSSR count). The van der Waals surface area contributed by atoms with Crippen LogP contribution in [0.15, 0.2) is 72.3 Å². The molecule has 0 bridgehead atoms. The van der Waals surface area contributed by atoms with E-state index in [9.17, 15) is 14.7 Å². The standard InChI is InChI=1S/C44H41ClN4O7S/c1-7-22-8-11-24(12-9-22)48-40(51)27-14-13-26-29(36(27)42(48)53)19-30-41(52)49(43(54)44(30,3)38(26)37-32(50)17-25(55-5)18-33(37)56-6)35-20-31(46-47(35)4)39-21(2)28-16-23(45)10-15-34(28)57-39/h8-13,15-18,20,27,29-30,36,38,50H,7,14,19H2,1-6H3/t27-,29+,30-,36-,38+,44+/m0/s1. The lowest BCUT2D eigenvalue weighted by molar-refractivity contribution is -0.131. The van der Waals surface area contributed by atoms with Crippen LogP contribution in [-0.4, -0.2) is 52.7 Å². The maximum absolute atomic E-state index is 15.3. The number of phenolic OH excluding ortho intramolecular Hbond substituents is 1. The second kappa shape index (κ2) is 13.3. The Morgan fingerprint density at radius 3 is 2.40 bits per heavy atom. The van der Waals surface area contributed by atoms with Crippen LogP contribution in [0.3, 0.4) is 0 Å². The van der Waals surface area contributed by atoms with Gasteiger partial charge in [0.1, 0.15) is 28.8 Å². The topological polar surface area (TPSA) is 131 Å². The molecule has 5 aromatic rings. The number of aromatic hydroxyl groups is 1. The molecule has 4 aliphatic rings. The summed E-state index contributed by atoms with van der Waals surface area (Å²) in [6, 6.07) is 18.0. The Morgan fingerprint density at radius 1 is 0.947 bits per heavy atom. The molecular weight excluding hydrogens is 764 g/mol. The van der Waals surface area contributed by atoms with Crippen molar-refractivity contribution >= 4 is 68.2 Å². The number of carbonyl (C=O) groups excluding carboxylic acids is 4. The first kappa shape index (κ1) is 37.1. The van der Waals surface area contributed by atoms with E-state index in [-0.39, 0.29) is 36.2 Å². The molecule has 2 aromatic heterocycles. The first-order valence-electron chi connectivity index (χ1n) is 19.0. The van der Waals surface area contributed by atoms with E-state index in [0.717, 1.165) is 38.1 Å². The molecule has 2 aliphatic heterocycles. The Morgan fingerprint density at radius 2 is 1.70 bits per heavy atom. The van der Waals surface area contributed by atoms with Crippen LogP contribution in [0, 0.1) is 36.0 Å². The number of halogens is 1. The number of aromatic nitrogens is 2. The number of hydrogen-bond acceptors (Lipinski definition) is 9. The van der Waals surface area contributed by atoms with Gasteiger partial charge in [-0.1, -0.05) is 42.3 Å². The highest BCUT2D eigenvalue weighted by atomic mass is 35.5. The summed E-state index contributed by atoms with van der Waals surface area (Å²) in [5.74, 6) is -4.57. The molecule has 0 radical (unpaired) electrons. The Hall–Kier alpha value is -5.46. The number of nitrogens with zero attached hydrogens (tertiary/aromatic N) is 4. The summed E-state index contributed by atoms with van der Waals surface area (Å²) >= 11 is 7.89. The van der Waals surface area contributed by atoms with Gasteiger partial charge in [-0.15, -0.1) is 11.3 Å². The second-order valence-corrected chi connectivity index (χ2v) is 17.2. The lowest BCUT2D eigenvalue weighted by atomic mass is 9.51. The summed E-state index contributed by atoms with van der Waals surface area (Å²) in [6.45, 7) is 5.81. The lowest BCUT2D eigenvalue weighted by Gasteiger charge is -2.49. The van der Waals surface area contributed by atoms with Crippen molar-refractivity contribution in [3.8, 4) is 27.8 Å². The number of amides is 4. The predicted molar refractivity (Wildman–Crippen MR) is 218 cm³/mol. The number of carbonyl (C=O) groups is 4. The number of imide groups is 2. The normalized spacial score (nSPS) is 25.5. The van der Waals surface area contributed by atoms with Gasteiger partial charge in [0.25, 0.3) is 0 Å². The van der Waals surface area contributed by atoms with E-state index < -0.39 is 46.8 Å². The van der Waals surface area contributed by atoms with Crippen molar-refractivity contribution in [3.05, 3.63) is 94.0 Å². The molecule has 2 aliphatic carbocycles. The average Bonchev–Trinajstić information content (AvgIpc) is 3.88. The molecule has 0 unspecified atom stereocenters. The second-order valence-electron chi connectivity index (χ2n) is 15.7. The van der Waals surface area contributed by atoms with Gasteiger partial charge >= 0.3 is 0 Å². The summed E-state index contributed by atoms with van der Waals surface area (Å²) in [5.41, 5.74) is 2.80. The van der Waals surface area contributed by atoms with Crippen molar-refractivity contribution < 1.29 is 33.8 Å². The van der Waals surface area contributed by atoms with E-state index in [1.807, 2.05) is 50.3 Å². The van der Waals surface area contributed by atoms with Crippen LogP contribution in [0.4, 0.5) is 11.5 Å². The molecule has 57 heavy (non-hydrogen) atoms. The van der Waals surface area contributed by atoms with Gasteiger partial charge in [-0.25, -0.2) is 4.90 Å². The molecule has 4 amide bonds. The molecule has 1 saturated carbocycles. The van der Waals surface area contributed by atoms with E-state index in [0.29, 0.717) is 33.5 Å². The molecule has 13 heteroatoms. The molecule has 1 N–H and O–H groups in total. The summed E-state index contributed by atoms with van der Waals surface area (Å²) in [4.78, 5) is 62.4. The molecule has 4 heterocycles. The van der Waals surface area contributed by atoms with Crippen molar-refractivity contribution in [3.63, 3.8) is 0 Å². The first-order chi connectivity index (χ1) is 27.3. The third-order valence-corrected chi connectivity index (χ3v) is 14.5. The smallest absolute Gasteiger partial charge is 0.242 e. The van der Waals surface area contributed by atoms with Crippen LogP contribution in [0.2, 0.25) is 5.02 Å². The molecule has 292 valence electrons. The maximum atomic E-state index is 15.3. The highest BCUT2D eigenvalue weighted by Crippen LogP contribution is 2.66. The minimum absolute atomic E-state index is 0.156. The van der Waals surface area contributed by atoms with Crippen molar-refractivity contribution in [1.82, 2.24) is 9.78 Å². The Kier molecular flexibility index (Phi) is 8.67. The zero-order valence-electron chi connectivity index (χ0n) is 32.3. The summed E-state index contributed by atoms with van der Waals surface area (Å²) < 4.78 is 13.9. The minimum atomic E-state index is -1.43. The summed E-state index contributed by atoms with van der Waals surface area (Å²) in [5, 5.41) is 18.2. The molecule has 6 atom stereocenters. The fourth-order valence-corrected chi connectivity index (χ4v) is 11.4. The molecule has 3 aromatic carbocycles. The number of aryl methyl sites for hydroxylation is 3. The van der Waals surface area contributed by atoms with Gasteiger partial charge in [0.05, 0.1) is 48.0 Å². The largest absolute Gasteiger partial charge is 0.507 e. The van der Waals surface area contributed by atoms with Crippen LogP contribution < -0.4 is 19.3 Å². The number of allylic oxidation sites excluding steroid dienone is 2. The predicted octanol–water partition coefficient (Wildman–Crippen LogP) is 7.98. The number of anilines is 2. The van der Waals surface area contributed by atoms with E-state index in [1.54, 1.807) is 54.3 Å².